The summed E-state index contributed by atoms with van der Waals surface area (Å²) in [5.74, 6) is 0. The molecule has 0 radical (unpaired) electrons. The highest BCUT2D eigenvalue weighted by Gasteiger charge is 2.23. The summed E-state index contributed by atoms with van der Waals surface area (Å²) in [6.07, 6.45) is 20.6. The molecule has 0 atom stereocenters. The van der Waals surface area contributed by atoms with E-state index in [0.717, 1.165) is 0 Å². The van der Waals surface area contributed by atoms with Gasteiger partial charge in [0.05, 0.1) is 12.3 Å². The maximum atomic E-state index is 2.59. The van der Waals surface area contributed by atoms with E-state index in [9.17, 15) is 0 Å². The molecule has 0 aliphatic heterocycles. The zero-order valence-electron chi connectivity index (χ0n) is 14.7. The van der Waals surface area contributed by atoms with Crippen molar-refractivity contribution < 1.29 is 12.4 Å². The van der Waals surface area contributed by atoms with Gasteiger partial charge in [-0.2, -0.15) is 0 Å². The molecule has 0 unspecified atom stereocenters. The van der Waals surface area contributed by atoms with Crippen LogP contribution in [0.4, 0.5) is 0 Å². The van der Waals surface area contributed by atoms with Gasteiger partial charge in [-0.05, 0) is 25.7 Å². The van der Waals surface area contributed by atoms with Crippen LogP contribution in [-0.2, 0) is 0 Å². The Morgan fingerprint density at radius 1 is 0.500 bits per heavy atom. The Morgan fingerprint density at radius 2 is 0.800 bits per heavy atom. The lowest BCUT2D eigenvalue weighted by Gasteiger charge is -2.18. The minimum Gasteiger partial charge on any atom is -1.00 e. The smallest absolute Gasteiger partial charge is 0.0589 e. The summed E-state index contributed by atoms with van der Waals surface area (Å²) in [6, 6.07) is 0. The molecule has 0 nitrogen and oxygen atoms in total. The van der Waals surface area contributed by atoms with Gasteiger partial charge in [-0.15, -0.1) is 0 Å². The van der Waals surface area contributed by atoms with E-state index in [2.05, 4.69) is 27.2 Å². The van der Waals surface area contributed by atoms with Gasteiger partial charge in [0, 0.05) is 20.6 Å². The van der Waals surface area contributed by atoms with E-state index in [0.29, 0.717) is 0 Å². The number of unbranched alkanes of at least 4 members (excludes halogenated alkanes) is 10. The Labute approximate surface area is 136 Å². The summed E-state index contributed by atoms with van der Waals surface area (Å²) in [5.41, 5.74) is 0. The molecule has 20 heavy (non-hydrogen) atoms. The SMILES string of the molecule is CCCCCCCC[P+](C)(C)CCCCCCCC.[Cl-]. The first kappa shape index (κ1) is 23.0. The maximum Gasteiger partial charge on any atom is 0.0589 e. The number of rotatable bonds is 14. The summed E-state index contributed by atoms with van der Waals surface area (Å²) >= 11 is 0. The molecular formula is C18H40ClP. The number of hydrogen-bond donors (Lipinski definition) is 0. The molecule has 2 heteroatoms. The predicted octanol–water partition coefficient (Wildman–Crippen LogP) is 3.99. The minimum atomic E-state index is -0.554. The Balaban J connectivity index is 0. The van der Waals surface area contributed by atoms with Crippen LogP contribution in [0.2, 0.25) is 0 Å². The molecule has 0 amide bonds. The quantitative estimate of drug-likeness (QED) is 0.335. The van der Waals surface area contributed by atoms with Crippen LogP contribution in [0.25, 0.3) is 0 Å². The lowest BCUT2D eigenvalue weighted by molar-refractivity contribution is -0.00000453. The third-order valence-corrected chi connectivity index (χ3v) is 7.29. The lowest BCUT2D eigenvalue weighted by Crippen LogP contribution is -3.00. The third-order valence-electron chi connectivity index (χ3n) is 4.23. The highest BCUT2D eigenvalue weighted by molar-refractivity contribution is 7.74. The van der Waals surface area contributed by atoms with Crippen molar-refractivity contribution in [1.29, 1.82) is 0 Å². The molecule has 0 aromatic heterocycles. The minimum absolute atomic E-state index is 0. The van der Waals surface area contributed by atoms with Gasteiger partial charge >= 0.3 is 0 Å². The van der Waals surface area contributed by atoms with Crippen molar-refractivity contribution in [2.45, 2.75) is 90.9 Å². The molecule has 0 bridgehead atoms. The van der Waals surface area contributed by atoms with Crippen LogP contribution in [0.5, 0.6) is 0 Å². The summed E-state index contributed by atoms with van der Waals surface area (Å²) in [6.45, 7) is 9.78. The van der Waals surface area contributed by atoms with Gasteiger partial charge in [0.25, 0.3) is 0 Å². The van der Waals surface area contributed by atoms with Gasteiger partial charge in [-0.3, -0.25) is 0 Å². The maximum absolute atomic E-state index is 2.59. The van der Waals surface area contributed by atoms with Gasteiger partial charge in [0.1, 0.15) is 0 Å². The molecule has 0 aliphatic carbocycles. The predicted molar refractivity (Wildman–Crippen MR) is 95.3 cm³/mol. The summed E-state index contributed by atoms with van der Waals surface area (Å²) in [7, 11) is -0.554. The van der Waals surface area contributed by atoms with Crippen LogP contribution in [0.3, 0.4) is 0 Å². The van der Waals surface area contributed by atoms with Crippen LogP contribution in [-0.4, -0.2) is 25.7 Å². The fraction of sp³-hybridized carbons (Fsp3) is 1.00. The second-order valence-corrected chi connectivity index (χ2v) is 11.7. The van der Waals surface area contributed by atoms with Crippen LogP contribution in [0.15, 0.2) is 0 Å². The fourth-order valence-corrected chi connectivity index (χ4v) is 5.14. The Bertz CT molecular complexity index is 162. The van der Waals surface area contributed by atoms with Crippen molar-refractivity contribution in [2.75, 3.05) is 25.7 Å². The highest BCUT2D eigenvalue weighted by Crippen LogP contribution is 2.52. The third kappa shape index (κ3) is 16.8. The van der Waals surface area contributed by atoms with Gasteiger partial charge in [0.2, 0.25) is 0 Å². The molecule has 0 aromatic rings. The average Bonchev–Trinajstić information content (AvgIpc) is 2.38. The Hall–Kier alpha value is 0.720. The fourth-order valence-electron chi connectivity index (χ4n) is 2.75. The van der Waals surface area contributed by atoms with Gasteiger partial charge in [0.15, 0.2) is 0 Å². The van der Waals surface area contributed by atoms with Crippen LogP contribution in [0.1, 0.15) is 90.9 Å². The number of halogens is 1. The summed E-state index contributed by atoms with van der Waals surface area (Å²) in [5, 5.41) is 0. The van der Waals surface area contributed by atoms with Gasteiger partial charge in [-0.25, -0.2) is 0 Å². The van der Waals surface area contributed by atoms with Crippen molar-refractivity contribution in [3.8, 4) is 0 Å². The van der Waals surface area contributed by atoms with Crippen molar-refractivity contribution in [3.63, 3.8) is 0 Å². The molecule has 0 saturated heterocycles. The second-order valence-electron chi connectivity index (χ2n) is 6.92. The van der Waals surface area contributed by atoms with E-state index in [1.165, 1.54) is 77.0 Å². The van der Waals surface area contributed by atoms with Crippen LogP contribution in [0, 0.1) is 0 Å². The molecule has 0 aromatic carbocycles. The lowest BCUT2D eigenvalue weighted by atomic mass is 10.1. The molecule has 0 N–H and O–H groups in total. The van der Waals surface area contributed by atoms with E-state index < -0.39 is 7.26 Å². The molecule has 0 spiro atoms. The van der Waals surface area contributed by atoms with E-state index >= 15 is 0 Å². The van der Waals surface area contributed by atoms with E-state index in [-0.39, 0.29) is 12.4 Å². The second kappa shape index (κ2) is 16.1. The topological polar surface area (TPSA) is 0 Å². The standard InChI is InChI=1S/C18H40P.ClH/c1-5-7-9-11-13-15-17-19(3,4)18-16-14-12-10-8-6-2;/h5-18H2,1-4H3;1H/q+1;/p-1. The van der Waals surface area contributed by atoms with Crippen LogP contribution < -0.4 is 12.4 Å². The van der Waals surface area contributed by atoms with E-state index in [1.54, 1.807) is 12.3 Å². The zero-order valence-corrected chi connectivity index (χ0v) is 16.4. The van der Waals surface area contributed by atoms with E-state index in [1.807, 2.05) is 0 Å². The molecule has 0 saturated carbocycles. The molecule has 124 valence electrons. The summed E-state index contributed by atoms with van der Waals surface area (Å²) in [4.78, 5) is 0. The molecule has 0 rings (SSSR count). The van der Waals surface area contributed by atoms with Gasteiger partial charge in [-0.1, -0.05) is 65.2 Å². The zero-order chi connectivity index (χ0) is 14.4. The first-order valence-corrected chi connectivity index (χ1v) is 12.0. The van der Waals surface area contributed by atoms with Crippen molar-refractivity contribution in [3.05, 3.63) is 0 Å². The normalized spacial score (nSPS) is 11.4. The Morgan fingerprint density at radius 3 is 1.15 bits per heavy atom. The largest absolute Gasteiger partial charge is 1.00 e. The van der Waals surface area contributed by atoms with Crippen molar-refractivity contribution in [1.82, 2.24) is 0 Å². The first-order chi connectivity index (χ1) is 9.12. The highest BCUT2D eigenvalue weighted by atomic mass is 35.5. The van der Waals surface area contributed by atoms with Crippen LogP contribution >= 0.6 is 7.26 Å². The Kier molecular flexibility index (Phi) is 18.5. The average molecular weight is 323 g/mol. The van der Waals surface area contributed by atoms with Crippen molar-refractivity contribution >= 4 is 7.26 Å². The molecule has 0 aliphatic rings. The molecular weight excluding hydrogens is 283 g/mol. The van der Waals surface area contributed by atoms with Crippen molar-refractivity contribution in [2.24, 2.45) is 0 Å². The first-order valence-electron chi connectivity index (χ1n) is 8.94. The monoisotopic (exact) mass is 322 g/mol. The van der Waals surface area contributed by atoms with Gasteiger partial charge < -0.3 is 12.4 Å². The molecule has 0 heterocycles. The molecule has 0 fully saturated rings. The van der Waals surface area contributed by atoms with E-state index in [4.69, 9.17) is 0 Å². The number of hydrogen-bond acceptors (Lipinski definition) is 0. The summed E-state index contributed by atoms with van der Waals surface area (Å²) < 4.78 is 0.